The Labute approximate surface area is 199 Å². The summed E-state index contributed by atoms with van der Waals surface area (Å²) in [6.45, 7) is 2.28. The molecule has 0 aromatic rings. The van der Waals surface area contributed by atoms with E-state index in [0.29, 0.717) is 10.6 Å². The van der Waals surface area contributed by atoms with Gasteiger partial charge in [0.15, 0.2) is 0 Å². The Balaban J connectivity index is 1.89. The first kappa shape index (κ1) is 29.0. The lowest BCUT2D eigenvalue weighted by Gasteiger charge is -2.30. The highest BCUT2D eigenvalue weighted by molar-refractivity contribution is 9.09. The molecule has 30 heavy (non-hydrogen) atoms. The molecule has 6 heteroatoms. The number of hydrogen-bond acceptors (Lipinski definition) is 3. The number of rotatable bonds is 20. The topological polar surface area (TPSA) is 46.5 Å². The third-order valence-corrected chi connectivity index (χ3v) is 9.96. The van der Waals surface area contributed by atoms with Crippen molar-refractivity contribution < 1.29 is 14.0 Å². The Morgan fingerprint density at radius 1 is 0.900 bits per heavy atom. The molecule has 3 nitrogen and oxygen atoms in total. The molecule has 1 saturated carbocycles. The normalized spacial score (nSPS) is 21.6. The minimum absolute atomic E-state index is 0.0255. The second-order valence-corrected chi connectivity index (χ2v) is 13.2. The van der Waals surface area contributed by atoms with Crippen molar-refractivity contribution in [3.63, 3.8) is 0 Å². The third-order valence-electron chi connectivity index (χ3n) is 6.11. The minimum atomic E-state index is -3.41. The zero-order valence-corrected chi connectivity index (χ0v) is 22.8. The van der Waals surface area contributed by atoms with Crippen LogP contribution in [0.5, 0.6) is 0 Å². The second kappa shape index (κ2) is 19.4. The first-order valence-corrected chi connectivity index (χ1v) is 16.7. The molecule has 3 atom stereocenters. The third kappa shape index (κ3) is 16.6. The fourth-order valence-electron chi connectivity index (χ4n) is 4.29. The van der Waals surface area contributed by atoms with Crippen LogP contribution in [0.4, 0.5) is 0 Å². The predicted molar refractivity (Wildman–Crippen MR) is 138 cm³/mol. The lowest BCUT2D eigenvalue weighted by Crippen LogP contribution is -2.24. The van der Waals surface area contributed by atoms with Crippen molar-refractivity contribution >= 4 is 35.3 Å². The van der Waals surface area contributed by atoms with Gasteiger partial charge in [-0.1, -0.05) is 106 Å². The van der Waals surface area contributed by atoms with Gasteiger partial charge in [-0.25, -0.2) is 0 Å². The van der Waals surface area contributed by atoms with Gasteiger partial charge in [-0.2, -0.15) is 11.8 Å². The van der Waals surface area contributed by atoms with E-state index in [0.717, 1.165) is 19.3 Å². The van der Waals surface area contributed by atoms with Gasteiger partial charge in [-0.3, -0.25) is 4.57 Å². The molecule has 0 amide bonds. The summed E-state index contributed by atoms with van der Waals surface area (Å²) in [6, 6.07) is 0. The van der Waals surface area contributed by atoms with Gasteiger partial charge in [0.25, 0.3) is 0 Å². The molecule has 0 spiro atoms. The highest BCUT2D eigenvalue weighted by atomic mass is 79.9. The Kier molecular flexibility index (Phi) is 18.8. The van der Waals surface area contributed by atoms with Crippen LogP contribution < -0.4 is 0 Å². The number of alkyl halides is 1. The summed E-state index contributed by atoms with van der Waals surface area (Å²) in [5, 5.41) is 1.12. The number of thioether (sulfide) groups is 1. The van der Waals surface area contributed by atoms with Crippen molar-refractivity contribution in [3.05, 3.63) is 0 Å². The Hall–Kier alpha value is 0.980. The molecule has 1 aliphatic rings. The maximum Gasteiger partial charge on any atom is 0.329 e. The van der Waals surface area contributed by atoms with Gasteiger partial charge >= 0.3 is 7.60 Å². The summed E-state index contributed by atoms with van der Waals surface area (Å²) in [7, 11) is -3.41. The van der Waals surface area contributed by atoms with Crippen molar-refractivity contribution in [2.24, 2.45) is 0 Å². The average molecular weight is 528 g/mol. The monoisotopic (exact) mass is 526 g/mol. The fourth-order valence-corrected chi connectivity index (χ4v) is 8.00. The van der Waals surface area contributed by atoms with Crippen LogP contribution in [-0.2, 0) is 9.09 Å². The number of unbranched alkanes of at least 4 members (excludes halogenated alkanes) is 13. The van der Waals surface area contributed by atoms with E-state index in [9.17, 15) is 9.46 Å². The summed E-state index contributed by atoms with van der Waals surface area (Å²) in [5.41, 5.74) is 0. The first-order chi connectivity index (χ1) is 14.6. The molecule has 0 heterocycles. The van der Waals surface area contributed by atoms with E-state index in [1.807, 2.05) is 0 Å². The van der Waals surface area contributed by atoms with Gasteiger partial charge in [-0.05, 0) is 37.9 Å². The van der Waals surface area contributed by atoms with Crippen molar-refractivity contribution in [1.82, 2.24) is 0 Å². The zero-order valence-electron chi connectivity index (χ0n) is 19.5. The van der Waals surface area contributed by atoms with Crippen LogP contribution in [0.2, 0.25) is 0 Å². The molecule has 0 aromatic carbocycles. The van der Waals surface area contributed by atoms with Gasteiger partial charge in [-0.15, -0.1) is 0 Å². The molecule has 1 rings (SSSR count). The molecule has 0 radical (unpaired) electrons. The highest BCUT2D eigenvalue weighted by Gasteiger charge is 2.29. The summed E-state index contributed by atoms with van der Waals surface area (Å²) < 4.78 is 17.5. The molecule has 1 aliphatic carbocycles. The van der Waals surface area contributed by atoms with Crippen LogP contribution in [0.15, 0.2) is 0 Å². The van der Waals surface area contributed by atoms with Crippen molar-refractivity contribution in [1.29, 1.82) is 0 Å². The minimum Gasteiger partial charge on any atom is -0.324 e. The van der Waals surface area contributed by atoms with E-state index >= 15 is 0 Å². The van der Waals surface area contributed by atoms with Gasteiger partial charge in [0.1, 0.15) is 0 Å². The standard InChI is InChI=1S/C24H48BrO3PS/c1-2-3-4-5-6-7-8-9-10-11-12-13-14-15-21-30-24-18-16-17-23(22-24)28-29(26,27)20-19-25/h23-24H,2-22H2,1H3,(H,26,27). The fraction of sp³-hybridized carbons (Fsp3) is 1.00. The van der Waals surface area contributed by atoms with E-state index in [1.165, 1.54) is 102 Å². The molecular weight excluding hydrogens is 479 g/mol. The van der Waals surface area contributed by atoms with Gasteiger partial charge in [0.05, 0.1) is 12.3 Å². The van der Waals surface area contributed by atoms with Crippen LogP contribution >= 0.6 is 35.3 Å². The molecule has 0 aliphatic heterocycles. The zero-order chi connectivity index (χ0) is 21.9. The van der Waals surface area contributed by atoms with E-state index < -0.39 is 7.60 Å². The molecule has 3 unspecified atom stereocenters. The molecular formula is C24H48BrO3PS. The second-order valence-electron chi connectivity index (χ2n) is 9.03. The van der Waals surface area contributed by atoms with Gasteiger partial charge in [0.2, 0.25) is 0 Å². The highest BCUT2D eigenvalue weighted by Crippen LogP contribution is 2.46. The van der Waals surface area contributed by atoms with Crippen LogP contribution in [0, 0.1) is 0 Å². The molecule has 180 valence electrons. The first-order valence-electron chi connectivity index (χ1n) is 12.7. The van der Waals surface area contributed by atoms with Crippen LogP contribution in [0.25, 0.3) is 0 Å². The quantitative estimate of drug-likeness (QED) is 0.0974. The molecule has 0 aromatic heterocycles. The molecule has 0 saturated heterocycles. The lowest BCUT2D eigenvalue weighted by atomic mass is 9.97. The maximum atomic E-state index is 12.0. The van der Waals surface area contributed by atoms with E-state index in [2.05, 4.69) is 34.6 Å². The summed E-state index contributed by atoms with van der Waals surface area (Å²) in [5.74, 6) is 1.23. The lowest BCUT2D eigenvalue weighted by molar-refractivity contribution is 0.138. The van der Waals surface area contributed by atoms with Crippen molar-refractivity contribution in [3.8, 4) is 0 Å². The predicted octanol–water partition coefficient (Wildman–Crippen LogP) is 9.11. The Morgan fingerprint density at radius 2 is 1.43 bits per heavy atom. The smallest absolute Gasteiger partial charge is 0.324 e. The van der Waals surface area contributed by atoms with Gasteiger partial charge in [0, 0.05) is 10.6 Å². The van der Waals surface area contributed by atoms with Crippen molar-refractivity contribution in [2.45, 2.75) is 134 Å². The van der Waals surface area contributed by atoms with Crippen LogP contribution in [-0.4, -0.2) is 33.5 Å². The molecule has 1 N–H and O–H groups in total. The van der Waals surface area contributed by atoms with Crippen LogP contribution in [0.3, 0.4) is 0 Å². The number of hydrogen-bond donors (Lipinski definition) is 1. The van der Waals surface area contributed by atoms with Crippen LogP contribution in [0.1, 0.15) is 122 Å². The molecule has 1 fully saturated rings. The Bertz CT molecular complexity index is 439. The largest absolute Gasteiger partial charge is 0.329 e. The van der Waals surface area contributed by atoms with E-state index in [-0.39, 0.29) is 12.3 Å². The van der Waals surface area contributed by atoms with Crippen molar-refractivity contribution in [2.75, 3.05) is 17.2 Å². The maximum absolute atomic E-state index is 12.0. The van der Waals surface area contributed by atoms with E-state index in [1.54, 1.807) is 0 Å². The number of halogens is 1. The van der Waals surface area contributed by atoms with E-state index in [4.69, 9.17) is 4.52 Å². The molecule has 0 bridgehead atoms. The Morgan fingerprint density at radius 3 is 1.97 bits per heavy atom. The average Bonchev–Trinajstić information content (AvgIpc) is 2.70. The summed E-state index contributed by atoms with van der Waals surface area (Å²) in [4.78, 5) is 9.87. The van der Waals surface area contributed by atoms with Gasteiger partial charge < -0.3 is 9.42 Å². The summed E-state index contributed by atoms with van der Waals surface area (Å²) >= 11 is 5.30. The SMILES string of the molecule is CCCCCCCCCCCCCCCCSC1CCCC(OP(=O)(O)CCBr)C1. The summed E-state index contributed by atoms with van der Waals surface area (Å²) in [6.07, 6.45) is 24.1.